The minimum absolute atomic E-state index is 0.0550. The number of amides is 1. The lowest BCUT2D eigenvalue weighted by Gasteiger charge is -2.42. The summed E-state index contributed by atoms with van der Waals surface area (Å²) in [5.41, 5.74) is -1.98. The van der Waals surface area contributed by atoms with Gasteiger partial charge in [0.15, 0.2) is 0 Å². The third-order valence-corrected chi connectivity index (χ3v) is 6.29. The summed E-state index contributed by atoms with van der Waals surface area (Å²) in [7, 11) is -3.28. The highest BCUT2D eigenvalue weighted by molar-refractivity contribution is 7.91. The van der Waals surface area contributed by atoms with Gasteiger partial charge in [-0.3, -0.25) is 0 Å². The minimum Gasteiger partial charge on any atom is -0.449 e. The fourth-order valence-electron chi connectivity index (χ4n) is 3.45. The van der Waals surface area contributed by atoms with Gasteiger partial charge in [0, 0.05) is 13.1 Å². The number of likely N-dealkylation sites (tertiary alicyclic amines) is 1. The molecule has 0 aromatic heterocycles. The van der Waals surface area contributed by atoms with E-state index in [4.69, 9.17) is 4.74 Å². The summed E-state index contributed by atoms with van der Waals surface area (Å²) < 4.78 is 68.8. The molecule has 0 bridgehead atoms. The number of carbonyl (C=O) groups is 1. The van der Waals surface area contributed by atoms with Crippen molar-refractivity contribution in [1.29, 1.82) is 0 Å². The first-order valence-corrected chi connectivity index (χ1v) is 9.45. The van der Waals surface area contributed by atoms with Crippen LogP contribution < -0.4 is 0 Å². The highest BCUT2D eigenvalue weighted by atomic mass is 32.2. The van der Waals surface area contributed by atoms with Crippen molar-refractivity contribution in [3.63, 3.8) is 0 Å². The zero-order valence-corrected chi connectivity index (χ0v) is 14.3. The van der Waals surface area contributed by atoms with E-state index in [9.17, 15) is 26.2 Å². The molecule has 0 N–H and O–H groups in total. The molecule has 2 rings (SSSR count). The fraction of sp³-hybridized carbons (Fsp3) is 0.923. The Bertz CT molecular complexity index is 571. The summed E-state index contributed by atoms with van der Waals surface area (Å²) in [6.07, 6.45) is -0.881. The normalized spacial score (nSPS) is 27.2. The lowest BCUT2D eigenvalue weighted by Crippen LogP contribution is -2.43. The van der Waals surface area contributed by atoms with Crippen molar-refractivity contribution in [3.8, 4) is 0 Å². The SMILES string of the molecule is CC(C)(C)OC(=O)N1CC([B-](F)(F)F)C2(CCS(=O)(=O)CC2)C1. The monoisotopic (exact) mass is 356 g/mol. The van der Waals surface area contributed by atoms with Crippen molar-refractivity contribution in [2.45, 2.75) is 45.0 Å². The van der Waals surface area contributed by atoms with Crippen LogP contribution in [-0.4, -0.2) is 56.6 Å². The Morgan fingerprint density at radius 3 is 2.17 bits per heavy atom. The molecule has 5 nitrogen and oxygen atoms in total. The molecule has 0 radical (unpaired) electrons. The van der Waals surface area contributed by atoms with Crippen LogP contribution in [0.4, 0.5) is 17.7 Å². The van der Waals surface area contributed by atoms with Crippen molar-refractivity contribution >= 4 is 22.9 Å². The van der Waals surface area contributed by atoms with E-state index in [0.29, 0.717) is 0 Å². The Kier molecular flexibility index (Phi) is 4.45. The van der Waals surface area contributed by atoms with E-state index >= 15 is 0 Å². The van der Waals surface area contributed by atoms with Gasteiger partial charge in [-0.05, 0) is 44.8 Å². The molecule has 23 heavy (non-hydrogen) atoms. The number of rotatable bonds is 1. The van der Waals surface area contributed by atoms with Gasteiger partial charge in [0.1, 0.15) is 15.4 Å². The summed E-state index contributed by atoms with van der Waals surface area (Å²) in [6.45, 7) is -0.766. The molecule has 1 atom stereocenters. The zero-order valence-electron chi connectivity index (χ0n) is 13.5. The van der Waals surface area contributed by atoms with E-state index in [0.717, 1.165) is 4.90 Å². The first-order chi connectivity index (χ1) is 10.2. The van der Waals surface area contributed by atoms with Gasteiger partial charge < -0.3 is 22.6 Å². The standard InChI is InChI=1S/C13H22BF3NO4S/c1-12(2,3)22-11(19)18-8-10(14(15,16)17)13(9-18)4-6-23(20,21)7-5-13/h10H,4-9H2,1-3H3/q-1. The van der Waals surface area contributed by atoms with Crippen LogP contribution in [0.15, 0.2) is 0 Å². The third kappa shape index (κ3) is 4.13. The number of halogens is 3. The average Bonchev–Trinajstić information content (AvgIpc) is 2.71. The number of ether oxygens (including phenoxy) is 1. The molecule has 1 spiro atoms. The molecule has 0 aromatic rings. The van der Waals surface area contributed by atoms with Crippen molar-refractivity contribution in [1.82, 2.24) is 4.90 Å². The van der Waals surface area contributed by atoms with E-state index in [1.165, 1.54) is 0 Å². The Labute approximate surface area is 134 Å². The predicted octanol–water partition coefficient (Wildman–Crippen LogP) is 2.65. The smallest absolute Gasteiger partial charge is 0.449 e. The largest absolute Gasteiger partial charge is 0.483 e. The van der Waals surface area contributed by atoms with E-state index in [2.05, 4.69) is 0 Å². The maximum Gasteiger partial charge on any atom is 0.483 e. The molecular formula is C13H22BF3NO4S-. The van der Waals surface area contributed by atoms with Crippen molar-refractivity contribution < 1.29 is 30.9 Å². The number of hydrogen-bond donors (Lipinski definition) is 0. The summed E-state index contributed by atoms with van der Waals surface area (Å²) in [5.74, 6) is -2.15. The number of carbonyl (C=O) groups excluding carboxylic acids is 1. The Morgan fingerprint density at radius 1 is 1.22 bits per heavy atom. The van der Waals surface area contributed by atoms with Crippen LogP contribution in [0, 0.1) is 5.41 Å². The van der Waals surface area contributed by atoms with Crippen molar-refractivity contribution in [2.75, 3.05) is 24.6 Å². The van der Waals surface area contributed by atoms with Gasteiger partial charge in [0.2, 0.25) is 0 Å². The van der Waals surface area contributed by atoms with Gasteiger partial charge in [-0.25, -0.2) is 13.2 Å². The predicted molar refractivity (Wildman–Crippen MR) is 81.0 cm³/mol. The van der Waals surface area contributed by atoms with Crippen molar-refractivity contribution in [2.24, 2.45) is 5.41 Å². The van der Waals surface area contributed by atoms with Gasteiger partial charge in [-0.15, -0.1) is 0 Å². The Hall–Kier alpha value is -0.925. The molecule has 2 fully saturated rings. The van der Waals surface area contributed by atoms with Crippen LogP contribution in [0.1, 0.15) is 33.6 Å². The van der Waals surface area contributed by atoms with Crippen LogP contribution in [0.5, 0.6) is 0 Å². The molecule has 134 valence electrons. The molecular weight excluding hydrogens is 334 g/mol. The summed E-state index contributed by atoms with van der Waals surface area (Å²) in [5, 5.41) is 0. The highest BCUT2D eigenvalue weighted by Crippen LogP contribution is 2.54. The van der Waals surface area contributed by atoms with Crippen LogP contribution in [0.25, 0.3) is 0 Å². The summed E-state index contributed by atoms with van der Waals surface area (Å²) in [4.78, 5) is 13.2. The molecule has 2 heterocycles. The molecule has 10 heteroatoms. The van der Waals surface area contributed by atoms with Gasteiger partial charge in [0.05, 0.1) is 11.5 Å². The second kappa shape index (κ2) is 5.56. The third-order valence-electron chi connectivity index (χ3n) is 4.64. The minimum atomic E-state index is -5.17. The second-order valence-corrected chi connectivity index (χ2v) is 9.91. The number of sulfone groups is 1. The maximum absolute atomic E-state index is 13.5. The second-order valence-electron chi connectivity index (χ2n) is 7.61. The molecule has 0 aliphatic carbocycles. The molecule has 2 aliphatic heterocycles. The highest BCUT2D eigenvalue weighted by Gasteiger charge is 2.57. The lowest BCUT2D eigenvalue weighted by molar-refractivity contribution is 0.0270. The number of hydrogen-bond acceptors (Lipinski definition) is 4. The van der Waals surface area contributed by atoms with Crippen LogP contribution in [0.3, 0.4) is 0 Å². The van der Waals surface area contributed by atoms with Gasteiger partial charge >= 0.3 is 13.1 Å². The average molecular weight is 356 g/mol. The van der Waals surface area contributed by atoms with Gasteiger partial charge in [0.25, 0.3) is 0 Å². The van der Waals surface area contributed by atoms with Gasteiger partial charge in [-0.2, -0.15) is 0 Å². The van der Waals surface area contributed by atoms with Crippen LogP contribution >= 0.6 is 0 Å². The van der Waals surface area contributed by atoms with Gasteiger partial charge in [-0.1, -0.05) is 0 Å². The molecule has 2 aliphatic rings. The van der Waals surface area contributed by atoms with Crippen LogP contribution in [-0.2, 0) is 14.6 Å². The summed E-state index contributed by atoms with van der Waals surface area (Å²) in [6, 6.07) is 0. The molecule has 1 amide bonds. The Morgan fingerprint density at radius 2 is 1.74 bits per heavy atom. The molecule has 0 saturated carbocycles. The fourth-order valence-corrected chi connectivity index (χ4v) is 5.09. The topological polar surface area (TPSA) is 63.7 Å². The summed E-state index contributed by atoms with van der Waals surface area (Å²) >= 11 is 0. The Balaban J connectivity index is 2.22. The number of nitrogens with zero attached hydrogens (tertiary/aromatic N) is 1. The van der Waals surface area contributed by atoms with Crippen molar-refractivity contribution in [3.05, 3.63) is 0 Å². The molecule has 1 unspecified atom stereocenters. The first-order valence-electron chi connectivity index (χ1n) is 7.62. The molecule has 0 aromatic carbocycles. The maximum atomic E-state index is 13.5. The van der Waals surface area contributed by atoms with Crippen LogP contribution in [0.2, 0.25) is 5.82 Å². The van der Waals surface area contributed by atoms with E-state index in [-0.39, 0.29) is 30.9 Å². The van der Waals surface area contributed by atoms with E-state index in [1.54, 1.807) is 20.8 Å². The lowest BCUT2D eigenvalue weighted by atomic mass is 9.57. The quantitative estimate of drug-likeness (QED) is 0.678. The molecule has 2 saturated heterocycles. The zero-order chi connectivity index (χ0) is 17.7. The van der Waals surface area contributed by atoms with E-state index in [1.807, 2.05) is 0 Å². The first kappa shape index (κ1) is 18.4. The van der Waals surface area contributed by atoms with E-state index < -0.39 is 46.3 Å².